The second-order valence-corrected chi connectivity index (χ2v) is 6.70. The number of ether oxygens (including phenoxy) is 1. The molecular formula is C21H20N2O6. The molecule has 2 aromatic rings. The zero-order valence-electron chi connectivity index (χ0n) is 16.0. The number of aryl methyl sites for hydroxylation is 1. The number of likely N-dealkylation sites (tertiary alicyclic amines) is 1. The summed E-state index contributed by atoms with van der Waals surface area (Å²) in [4.78, 5) is 37.1. The number of ketones is 1. The lowest BCUT2D eigenvalue weighted by atomic mass is 9.95. The van der Waals surface area contributed by atoms with Gasteiger partial charge in [-0.2, -0.15) is 0 Å². The van der Waals surface area contributed by atoms with Gasteiger partial charge in [-0.3, -0.25) is 19.7 Å². The van der Waals surface area contributed by atoms with Gasteiger partial charge in [0.2, 0.25) is 0 Å². The van der Waals surface area contributed by atoms with E-state index in [1.54, 1.807) is 24.3 Å². The fraction of sp³-hybridized carbons (Fsp3) is 0.238. The van der Waals surface area contributed by atoms with Gasteiger partial charge in [0.25, 0.3) is 17.4 Å². The molecule has 1 atom stereocenters. The number of non-ortho nitro benzene ring substituents is 1. The van der Waals surface area contributed by atoms with Gasteiger partial charge in [0.05, 0.1) is 23.1 Å². The number of nitrogens with zero attached hydrogens (tertiary/aromatic N) is 2. The molecule has 8 heteroatoms. The van der Waals surface area contributed by atoms with Crippen LogP contribution in [0, 0.1) is 17.0 Å². The molecule has 0 aliphatic carbocycles. The third kappa shape index (κ3) is 3.88. The highest BCUT2D eigenvalue weighted by Gasteiger charge is 2.45. The molecule has 8 nitrogen and oxygen atoms in total. The second kappa shape index (κ2) is 8.24. The van der Waals surface area contributed by atoms with Gasteiger partial charge in [-0.1, -0.05) is 29.8 Å². The van der Waals surface area contributed by atoms with Crippen LogP contribution in [-0.2, 0) is 14.3 Å². The largest absolute Gasteiger partial charge is 0.507 e. The summed E-state index contributed by atoms with van der Waals surface area (Å²) in [7, 11) is 1.48. The zero-order chi connectivity index (χ0) is 21.1. The minimum Gasteiger partial charge on any atom is -0.507 e. The first kappa shape index (κ1) is 20.2. The number of aliphatic hydroxyl groups is 1. The number of rotatable bonds is 6. The van der Waals surface area contributed by atoms with Gasteiger partial charge in [0.15, 0.2) is 0 Å². The van der Waals surface area contributed by atoms with E-state index in [1.165, 1.54) is 36.3 Å². The highest BCUT2D eigenvalue weighted by molar-refractivity contribution is 6.46. The highest BCUT2D eigenvalue weighted by Crippen LogP contribution is 2.39. The fourth-order valence-electron chi connectivity index (χ4n) is 3.29. The van der Waals surface area contributed by atoms with E-state index in [4.69, 9.17) is 4.74 Å². The van der Waals surface area contributed by atoms with Crippen molar-refractivity contribution in [2.24, 2.45) is 0 Å². The van der Waals surface area contributed by atoms with Gasteiger partial charge in [-0.25, -0.2) is 0 Å². The Morgan fingerprint density at radius 3 is 2.31 bits per heavy atom. The van der Waals surface area contributed by atoms with Crippen molar-refractivity contribution in [2.45, 2.75) is 13.0 Å². The predicted octanol–water partition coefficient (Wildman–Crippen LogP) is 2.97. The third-order valence-electron chi connectivity index (χ3n) is 4.82. The average molecular weight is 396 g/mol. The Labute approximate surface area is 167 Å². The Kier molecular flexibility index (Phi) is 5.74. The molecule has 1 aliphatic rings. The van der Waals surface area contributed by atoms with Crippen LogP contribution in [0.15, 0.2) is 54.1 Å². The molecule has 0 aromatic heterocycles. The minimum atomic E-state index is -0.868. The van der Waals surface area contributed by atoms with E-state index in [-0.39, 0.29) is 30.2 Å². The fourth-order valence-corrected chi connectivity index (χ4v) is 3.29. The van der Waals surface area contributed by atoms with E-state index in [0.29, 0.717) is 11.1 Å². The van der Waals surface area contributed by atoms with Crippen LogP contribution < -0.4 is 0 Å². The highest BCUT2D eigenvalue weighted by atomic mass is 16.6. The summed E-state index contributed by atoms with van der Waals surface area (Å²) in [5.41, 5.74) is 1.71. The molecule has 0 saturated carbocycles. The minimum absolute atomic E-state index is 0.0520. The van der Waals surface area contributed by atoms with Crippen LogP contribution in [0.1, 0.15) is 22.7 Å². The summed E-state index contributed by atoms with van der Waals surface area (Å²) in [6, 6.07) is 11.6. The van der Waals surface area contributed by atoms with Crippen LogP contribution in [0.2, 0.25) is 0 Å². The Morgan fingerprint density at radius 1 is 1.14 bits per heavy atom. The molecule has 0 unspecified atom stereocenters. The van der Waals surface area contributed by atoms with E-state index in [2.05, 4.69) is 0 Å². The summed E-state index contributed by atoms with van der Waals surface area (Å²) < 4.78 is 5.04. The SMILES string of the molecule is COCCN1C(=O)C(=O)C(=C(O)c2ccc(C)cc2)[C@H]1c1ccc([N+](=O)[O-])cc1. The molecule has 1 saturated heterocycles. The average Bonchev–Trinajstić information content (AvgIpc) is 2.97. The van der Waals surface area contributed by atoms with Crippen LogP contribution in [-0.4, -0.2) is 46.9 Å². The van der Waals surface area contributed by atoms with Crippen molar-refractivity contribution in [2.75, 3.05) is 20.3 Å². The van der Waals surface area contributed by atoms with Crippen molar-refractivity contribution in [1.82, 2.24) is 4.90 Å². The Hall–Kier alpha value is -3.52. The number of aliphatic hydroxyl groups excluding tert-OH is 1. The van der Waals surface area contributed by atoms with Crippen molar-refractivity contribution in [1.29, 1.82) is 0 Å². The lowest BCUT2D eigenvalue weighted by Gasteiger charge is -2.25. The number of carbonyl (C=O) groups excluding carboxylic acids is 2. The van der Waals surface area contributed by atoms with Gasteiger partial charge in [-0.05, 0) is 24.6 Å². The zero-order valence-corrected chi connectivity index (χ0v) is 16.0. The number of methoxy groups -OCH3 is 1. The summed E-state index contributed by atoms with van der Waals surface area (Å²) in [6.07, 6.45) is 0. The summed E-state index contributed by atoms with van der Waals surface area (Å²) in [5, 5.41) is 21.8. The molecule has 1 N–H and O–H groups in total. The number of benzene rings is 2. The number of amides is 1. The first-order valence-electron chi connectivity index (χ1n) is 8.94. The molecule has 150 valence electrons. The normalized spacial score (nSPS) is 18.3. The van der Waals surface area contributed by atoms with Crippen molar-refractivity contribution in [3.05, 3.63) is 80.9 Å². The smallest absolute Gasteiger partial charge is 0.295 e. The topological polar surface area (TPSA) is 110 Å². The quantitative estimate of drug-likeness (QED) is 0.264. The number of nitro benzene ring substituents is 1. The maximum absolute atomic E-state index is 12.8. The van der Waals surface area contributed by atoms with Crippen molar-refractivity contribution < 1.29 is 24.4 Å². The summed E-state index contributed by atoms with van der Waals surface area (Å²) >= 11 is 0. The lowest BCUT2D eigenvalue weighted by Crippen LogP contribution is -2.32. The first-order valence-corrected chi connectivity index (χ1v) is 8.94. The molecule has 1 aliphatic heterocycles. The van der Waals surface area contributed by atoms with Crippen LogP contribution in [0.25, 0.3) is 5.76 Å². The number of carbonyl (C=O) groups is 2. The first-order chi connectivity index (χ1) is 13.8. The Morgan fingerprint density at radius 2 is 1.76 bits per heavy atom. The molecule has 2 aromatic carbocycles. The van der Waals surface area contributed by atoms with E-state index in [0.717, 1.165) is 5.56 Å². The van der Waals surface area contributed by atoms with E-state index in [1.807, 2.05) is 6.92 Å². The van der Waals surface area contributed by atoms with Gasteiger partial charge in [0.1, 0.15) is 5.76 Å². The maximum atomic E-state index is 12.8. The number of Topliss-reactive ketones (excluding diaryl/α,β-unsaturated/α-hetero) is 1. The molecule has 1 fully saturated rings. The number of hydrogen-bond donors (Lipinski definition) is 1. The maximum Gasteiger partial charge on any atom is 0.295 e. The summed E-state index contributed by atoms with van der Waals surface area (Å²) in [6.45, 7) is 2.22. The molecule has 0 radical (unpaired) electrons. The summed E-state index contributed by atoms with van der Waals surface area (Å²) in [5.74, 6) is -1.84. The Balaban J connectivity index is 2.14. The van der Waals surface area contributed by atoms with E-state index in [9.17, 15) is 24.8 Å². The molecule has 1 amide bonds. The third-order valence-corrected chi connectivity index (χ3v) is 4.82. The van der Waals surface area contributed by atoms with Crippen LogP contribution in [0.4, 0.5) is 5.69 Å². The number of nitro groups is 1. The molecule has 3 rings (SSSR count). The monoisotopic (exact) mass is 396 g/mol. The van der Waals surface area contributed by atoms with E-state index < -0.39 is 22.7 Å². The molecule has 0 spiro atoms. The van der Waals surface area contributed by atoms with Crippen LogP contribution in [0.5, 0.6) is 0 Å². The predicted molar refractivity (Wildman–Crippen MR) is 105 cm³/mol. The molecule has 1 heterocycles. The van der Waals surface area contributed by atoms with Gasteiger partial charge >= 0.3 is 0 Å². The van der Waals surface area contributed by atoms with Crippen molar-refractivity contribution >= 4 is 23.1 Å². The number of hydrogen-bond acceptors (Lipinski definition) is 6. The molecular weight excluding hydrogens is 376 g/mol. The van der Waals surface area contributed by atoms with Crippen molar-refractivity contribution in [3.63, 3.8) is 0 Å². The van der Waals surface area contributed by atoms with Gasteiger partial charge < -0.3 is 14.7 Å². The van der Waals surface area contributed by atoms with Crippen LogP contribution in [0.3, 0.4) is 0 Å². The second-order valence-electron chi connectivity index (χ2n) is 6.70. The van der Waals surface area contributed by atoms with Crippen molar-refractivity contribution in [3.8, 4) is 0 Å². The van der Waals surface area contributed by atoms with Gasteiger partial charge in [0, 0.05) is 31.4 Å². The van der Waals surface area contributed by atoms with Crippen LogP contribution >= 0.6 is 0 Å². The molecule has 0 bridgehead atoms. The van der Waals surface area contributed by atoms with Gasteiger partial charge in [-0.15, -0.1) is 0 Å². The lowest BCUT2D eigenvalue weighted by molar-refractivity contribution is -0.384. The Bertz CT molecular complexity index is 979. The molecule has 29 heavy (non-hydrogen) atoms. The standard InChI is InChI=1S/C21H20N2O6/c1-13-3-5-15(6-4-13)19(24)17-18(14-7-9-16(10-8-14)23(27)28)22(11-12-29-2)21(26)20(17)25/h3-10,18,24H,11-12H2,1-2H3/t18-/m1/s1. The van der Waals surface area contributed by atoms with E-state index >= 15 is 0 Å².